The van der Waals surface area contributed by atoms with Crippen LogP contribution in [0.5, 0.6) is 0 Å². The van der Waals surface area contributed by atoms with Gasteiger partial charge in [0.2, 0.25) is 0 Å². The van der Waals surface area contributed by atoms with E-state index in [1.807, 2.05) is 42.5 Å². The molecule has 3 nitrogen and oxygen atoms in total. The highest BCUT2D eigenvalue weighted by Crippen LogP contribution is 2.24. The Morgan fingerprint density at radius 3 is 2.86 bits per heavy atom. The second kappa shape index (κ2) is 6.33. The first-order valence-corrected chi connectivity index (χ1v) is 7.56. The minimum Gasteiger partial charge on any atom is -0.444 e. The van der Waals surface area contributed by atoms with Gasteiger partial charge in [0, 0.05) is 27.3 Å². The quantitative estimate of drug-likeness (QED) is 0.677. The molecule has 1 aromatic heterocycles. The molecule has 0 amide bonds. The van der Waals surface area contributed by atoms with Gasteiger partial charge < -0.3 is 9.73 Å². The normalized spacial score (nSPS) is 10.6. The largest absolute Gasteiger partial charge is 0.444 e. The Kier molecular flexibility index (Phi) is 4.27. The predicted octanol–water partition coefficient (Wildman–Crippen LogP) is 5.37. The van der Waals surface area contributed by atoms with Crippen molar-refractivity contribution in [3.8, 4) is 11.3 Å². The molecule has 1 N–H and O–H groups in total. The Labute approximate surface area is 136 Å². The molecular formula is C16H12BrClN2O. The van der Waals surface area contributed by atoms with Crippen LogP contribution in [0, 0.1) is 0 Å². The molecule has 5 heteroatoms. The lowest BCUT2D eigenvalue weighted by Gasteiger charge is -2.09. The Morgan fingerprint density at radius 2 is 2.10 bits per heavy atom. The molecule has 0 saturated carbocycles. The van der Waals surface area contributed by atoms with Crippen LogP contribution in [0.15, 0.2) is 63.9 Å². The zero-order valence-electron chi connectivity index (χ0n) is 11.0. The van der Waals surface area contributed by atoms with Gasteiger partial charge in [0.25, 0.3) is 0 Å². The van der Waals surface area contributed by atoms with Crippen molar-refractivity contribution < 1.29 is 4.42 Å². The number of rotatable bonds is 4. The number of oxazole rings is 1. The summed E-state index contributed by atoms with van der Waals surface area (Å²) in [5, 5.41) is 4.10. The molecule has 0 bridgehead atoms. The number of hydrogen-bond donors (Lipinski definition) is 1. The molecule has 0 aliphatic carbocycles. The number of nitrogens with zero attached hydrogens (tertiary/aromatic N) is 1. The fourth-order valence-electron chi connectivity index (χ4n) is 2.00. The minimum atomic E-state index is 0.659. The summed E-state index contributed by atoms with van der Waals surface area (Å²) in [7, 11) is 0. The molecule has 3 rings (SSSR count). The zero-order valence-corrected chi connectivity index (χ0v) is 13.4. The van der Waals surface area contributed by atoms with Gasteiger partial charge in [0.15, 0.2) is 12.2 Å². The molecule has 0 unspecified atom stereocenters. The van der Waals surface area contributed by atoms with Gasteiger partial charge in [-0.3, -0.25) is 0 Å². The molecule has 3 aromatic rings. The van der Waals surface area contributed by atoms with Crippen molar-refractivity contribution in [1.82, 2.24) is 4.98 Å². The van der Waals surface area contributed by atoms with E-state index in [0.29, 0.717) is 6.54 Å². The lowest BCUT2D eigenvalue weighted by Crippen LogP contribution is -2.00. The van der Waals surface area contributed by atoms with Crippen molar-refractivity contribution in [3.63, 3.8) is 0 Å². The SMILES string of the molecule is Clc1cc(Br)ccc1CNc1cccc(-c2cnco2)c1. The predicted molar refractivity (Wildman–Crippen MR) is 88.4 cm³/mol. The Balaban J connectivity index is 1.75. The standard InChI is InChI=1S/C16H12BrClN2O/c17-13-5-4-12(15(18)7-13)8-20-14-3-1-2-11(6-14)16-9-19-10-21-16/h1-7,9-10,20H,8H2. The third kappa shape index (κ3) is 3.46. The maximum absolute atomic E-state index is 6.21. The molecule has 0 spiro atoms. The first kappa shape index (κ1) is 14.2. The van der Waals surface area contributed by atoms with Crippen LogP contribution in [-0.2, 0) is 6.54 Å². The van der Waals surface area contributed by atoms with E-state index >= 15 is 0 Å². The van der Waals surface area contributed by atoms with Crippen molar-refractivity contribution in [2.75, 3.05) is 5.32 Å². The van der Waals surface area contributed by atoms with Gasteiger partial charge in [-0.15, -0.1) is 0 Å². The van der Waals surface area contributed by atoms with Crippen molar-refractivity contribution in [2.45, 2.75) is 6.54 Å². The van der Waals surface area contributed by atoms with Gasteiger partial charge >= 0.3 is 0 Å². The first-order chi connectivity index (χ1) is 10.2. The molecule has 0 saturated heterocycles. The van der Waals surface area contributed by atoms with E-state index in [-0.39, 0.29) is 0 Å². The molecule has 21 heavy (non-hydrogen) atoms. The van der Waals surface area contributed by atoms with Gasteiger partial charge in [-0.1, -0.05) is 45.7 Å². The van der Waals surface area contributed by atoms with Crippen LogP contribution in [0.3, 0.4) is 0 Å². The smallest absolute Gasteiger partial charge is 0.181 e. The number of benzene rings is 2. The lowest BCUT2D eigenvalue weighted by molar-refractivity contribution is 0.572. The van der Waals surface area contributed by atoms with Crippen molar-refractivity contribution in [3.05, 3.63) is 70.1 Å². The van der Waals surface area contributed by atoms with Crippen LogP contribution < -0.4 is 5.32 Å². The highest BCUT2D eigenvalue weighted by atomic mass is 79.9. The van der Waals surface area contributed by atoms with Crippen molar-refractivity contribution in [2.24, 2.45) is 0 Å². The van der Waals surface area contributed by atoms with Gasteiger partial charge in [-0.05, 0) is 29.8 Å². The molecule has 2 aromatic carbocycles. The number of hydrogen-bond acceptors (Lipinski definition) is 3. The molecule has 0 aliphatic rings. The third-order valence-electron chi connectivity index (χ3n) is 3.08. The van der Waals surface area contributed by atoms with Crippen molar-refractivity contribution in [1.29, 1.82) is 0 Å². The highest BCUT2D eigenvalue weighted by molar-refractivity contribution is 9.10. The van der Waals surface area contributed by atoms with E-state index in [2.05, 4.69) is 26.2 Å². The van der Waals surface area contributed by atoms with Crippen LogP contribution in [0.1, 0.15) is 5.56 Å². The first-order valence-electron chi connectivity index (χ1n) is 6.39. The summed E-state index contributed by atoms with van der Waals surface area (Å²) in [5.74, 6) is 0.750. The van der Waals surface area contributed by atoms with Crippen LogP contribution >= 0.6 is 27.5 Å². The molecule has 0 radical (unpaired) electrons. The summed E-state index contributed by atoms with van der Waals surface area (Å²) < 4.78 is 6.28. The second-order valence-corrected chi connectivity index (χ2v) is 5.86. The topological polar surface area (TPSA) is 38.1 Å². The van der Waals surface area contributed by atoms with Crippen molar-refractivity contribution >= 4 is 33.2 Å². The van der Waals surface area contributed by atoms with Gasteiger partial charge in [0.05, 0.1) is 6.20 Å². The molecular weight excluding hydrogens is 352 g/mol. The average Bonchev–Trinajstić information content (AvgIpc) is 3.01. The van der Waals surface area contributed by atoms with E-state index in [1.165, 1.54) is 6.39 Å². The monoisotopic (exact) mass is 362 g/mol. The Hall–Kier alpha value is -1.78. The van der Waals surface area contributed by atoms with Crippen LogP contribution in [0.2, 0.25) is 5.02 Å². The summed E-state index contributed by atoms with van der Waals surface area (Å²) in [6, 6.07) is 13.9. The van der Waals surface area contributed by atoms with E-state index in [1.54, 1.807) is 6.20 Å². The van der Waals surface area contributed by atoms with E-state index in [9.17, 15) is 0 Å². The van der Waals surface area contributed by atoms with Gasteiger partial charge in [0.1, 0.15) is 0 Å². The molecule has 0 aliphatic heterocycles. The number of aromatic nitrogens is 1. The average molecular weight is 364 g/mol. The fraction of sp³-hybridized carbons (Fsp3) is 0.0625. The highest BCUT2D eigenvalue weighted by Gasteiger charge is 2.04. The molecule has 0 fully saturated rings. The summed E-state index contributed by atoms with van der Waals surface area (Å²) in [6.07, 6.45) is 3.13. The van der Waals surface area contributed by atoms with Gasteiger partial charge in [-0.25, -0.2) is 4.98 Å². The number of anilines is 1. The van der Waals surface area contributed by atoms with E-state index in [4.69, 9.17) is 16.0 Å². The second-order valence-electron chi connectivity index (χ2n) is 4.54. The maximum atomic E-state index is 6.21. The lowest BCUT2D eigenvalue weighted by atomic mass is 10.1. The Bertz CT molecular complexity index is 744. The number of halogens is 2. The van der Waals surface area contributed by atoms with Crippen LogP contribution in [-0.4, -0.2) is 4.98 Å². The summed E-state index contributed by atoms with van der Waals surface area (Å²) >= 11 is 9.62. The minimum absolute atomic E-state index is 0.659. The van der Waals surface area contributed by atoms with Gasteiger partial charge in [-0.2, -0.15) is 0 Å². The molecule has 1 heterocycles. The zero-order chi connectivity index (χ0) is 14.7. The van der Waals surface area contributed by atoms with E-state index < -0.39 is 0 Å². The molecule has 0 atom stereocenters. The summed E-state index contributed by atoms with van der Waals surface area (Å²) in [5.41, 5.74) is 3.03. The third-order valence-corrected chi connectivity index (χ3v) is 3.92. The Morgan fingerprint density at radius 1 is 1.19 bits per heavy atom. The fourth-order valence-corrected chi connectivity index (χ4v) is 2.74. The van der Waals surface area contributed by atoms with Crippen LogP contribution in [0.25, 0.3) is 11.3 Å². The van der Waals surface area contributed by atoms with E-state index in [0.717, 1.165) is 32.1 Å². The summed E-state index contributed by atoms with van der Waals surface area (Å²) in [6.45, 7) is 0.659. The summed E-state index contributed by atoms with van der Waals surface area (Å²) in [4.78, 5) is 3.93. The molecule has 106 valence electrons. The van der Waals surface area contributed by atoms with Crippen LogP contribution in [0.4, 0.5) is 5.69 Å². The maximum Gasteiger partial charge on any atom is 0.181 e. The number of nitrogens with one attached hydrogen (secondary N) is 1.